The lowest BCUT2D eigenvalue weighted by molar-refractivity contribution is -0.135. The maximum absolute atomic E-state index is 8.72. The van der Waals surface area contributed by atoms with Gasteiger partial charge < -0.3 is 19.3 Å². The molecular weight excluding hydrogens is 232 g/mol. The van der Waals surface area contributed by atoms with Crippen LogP contribution in [-0.4, -0.2) is 38.1 Å². The summed E-state index contributed by atoms with van der Waals surface area (Å²) in [5.74, 6) is 6.18. The van der Waals surface area contributed by atoms with Crippen LogP contribution in [0.1, 0.15) is 11.1 Å². The largest absolute Gasteiger partial charge is 0.495 e. The number of hydrogen-bond donors (Lipinski definition) is 1. The molecule has 0 amide bonds. The summed E-state index contributed by atoms with van der Waals surface area (Å²) in [5, 5.41) is 8.72. The van der Waals surface area contributed by atoms with Gasteiger partial charge in [0, 0.05) is 0 Å². The van der Waals surface area contributed by atoms with Crippen molar-refractivity contribution >= 4 is 0 Å². The van der Waals surface area contributed by atoms with Gasteiger partial charge in [-0.2, -0.15) is 0 Å². The maximum atomic E-state index is 8.72. The van der Waals surface area contributed by atoms with Crippen molar-refractivity contribution in [3.8, 4) is 17.6 Å². The molecule has 96 valence electrons. The molecule has 2 rings (SSSR count). The van der Waals surface area contributed by atoms with E-state index >= 15 is 0 Å². The molecular formula is C14H16O4. The van der Waals surface area contributed by atoms with E-state index in [1.165, 1.54) is 0 Å². The van der Waals surface area contributed by atoms with Crippen LogP contribution in [0.25, 0.3) is 0 Å². The van der Waals surface area contributed by atoms with Crippen molar-refractivity contribution < 1.29 is 19.3 Å². The summed E-state index contributed by atoms with van der Waals surface area (Å²) in [7, 11) is 1.60. The average molecular weight is 248 g/mol. The second-order valence-electron chi connectivity index (χ2n) is 3.96. The molecule has 0 bridgehead atoms. The Morgan fingerprint density at radius 3 is 2.89 bits per heavy atom. The highest BCUT2D eigenvalue weighted by molar-refractivity contribution is 5.48. The van der Waals surface area contributed by atoms with Gasteiger partial charge in [-0.15, -0.1) is 0 Å². The summed E-state index contributed by atoms with van der Waals surface area (Å²) < 4.78 is 15.9. The molecule has 1 heterocycles. The monoisotopic (exact) mass is 248 g/mol. The minimum Gasteiger partial charge on any atom is -0.495 e. The molecule has 1 aliphatic rings. The molecule has 0 aliphatic carbocycles. The maximum Gasteiger partial charge on any atom is 0.134 e. The lowest BCUT2D eigenvalue weighted by Gasteiger charge is -2.26. The van der Waals surface area contributed by atoms with Crippen LogP contribution in [-0.2, 0) is 16.1 Å². The standard InChI is InChI=1S/C14H16O4/c1-16-14-5-4-11(7-12(14)3-2-6-15)8-18-13-9-17-10-13/h4-5,7,13,15H,6,8-10H2,1H3. The smallest absolute Gasteiger partial charge is 0.134 e. The molecule has 1 aromatic carbocycles. The zero-order valence-electron chi connectivity index (χ0n) is 10.3. The summed E-state index contributed by atoms with van der Waals surface area (Å²) in [6.07, 6.45) is 0.207. The molecule has 0 aromatic heterocycles. The Morgan fingerprint density at radius 1 is 1.44 bits per heavy atom. The van der Waals surface area contributed by atoms with E-state index in [0.717, 1.165) is 11.1 Å². The lowest BCUT2D eigenvalue weighted by atomic mass is 10.1. The minimum atomic E-state index is -0.163. The van der Waals surface area contributed by atoms with E-state index in [4.69, 9.17) is 19.3 Å². The molecule has 0 atom stereocenters. The van der Waals surface area contributed by atoms with Gasteiger partial charge in [-0.25, -0.2) is 0 Å². The average Bonchev–Trinajstić information content (AvgIpc) is 2.34. The van der Waals surface area contributed by atoms with Crippen molar-refractivity contribution in [1.29, 1.82) is 0 Å². The normalized spacial score (nSPS) is 14.6. The van der Waals surface area contributed by atoms with E-state index in [1.807, 2.05) is 18.2 Å². The first-order chi connectivity index (χ1) is 8.83. The Balaban J connectivity index is 2.06. The van der Waals surface area contributed by atoms with Gasteiger partial charge in [0.05, 0.1) is 32.5 Å². The summed E-state index contributed by atoms with van der Waals surface area (Å²) in [5.41, 5.74) is 1.79. The van der Waals surface area contributed by atoms with Crippen molar-refractivity contribution in [3.05, 3.63) is 29.3 Å². The van der Waals surface area contributed by atoms with E-state index in [1.54, 1.807) is 7.11 Å². The molecule has 0 saturated carbocycles. The number of benzene rings is 1. The van der Waals surface area contributed by atoms with Gasteiger partial charge in [0.15, 0.2) is 0 Å². The first-order valence-corrected chi connectivity index (χ1v) is 5.79. The Labute approximate surface area is 106 Å². The molecule has 1 N–H and O–H groups in total. The van der Waals surface area contributed by atoms with Gasteiger partial charge >= 0.3 is 0 Å². The quantitative estimate of drug-likeness (QED) is 0.806. The summed E-state index contributed by atoms with van der Waals surface area (Å²) >= 11 is 0. The predicted molar refractivity (Wildman–Crippen MR) is 66.4 cm³/mol. The number of aliphatic hydroxyl groups excluding tert-OH is 1. The molecule has 18 heavy (non-hydrogen) atoms. The van der Waals surface area contributed by atoms with Gasteiger partial charge in [0.2, 0.25) is 0 Å². The van der Waals surface area contributed by atoms with Gasteiger partial charge in [0.1, 0.15) is 18.5 Å². The van der Waals surface area contributed by atoms with Gasteiger partial charge in [-0.05, 0) is 17.7 Å². The number of hydrogen-bond acceptors (Lipinski definition) is 4. The zero-order valence-corrected chi connectivity index (χ0v) is 10.3. The molecule has 4 heteroatoms. The summed E-state index contributed by atoms with van der Waals surface area (Å²) in [4.78, 5) is 0. The fourth-order valence-electron chi connectivity index (χ4n) is 1.60. The van der Waals surface area contributed by atoms with Crippen molar-refractivity contribution in [3.63, 3.8) is 0 Å². The van der Waals surface area contributed by atoms with Crippen molar-refractivity contribution in [1.82, 2.24) is 0 Å². The third kappa shape index (κ3) is 3.23. The van der Waals surface area contributed by atoms with Crippen molar-refractivity contribution in [2.75, 3.05) is 26.9 Å². The first-order valence-electron chi connectivity index (χ1n) is 5.79. The Kier molecular flexibility index (Phi) is 4.59. The van der Waals surface area contributed by atoms with E-state index in [9.17, 15) is 0 Å². The highest BCUT2D eigenvalue weighted by Crippen LogP contribution is 2.20. The van der Waals surface area contributed by atoms with E-state index in [0.29, 0.717) is 25.6 Å². The predicted octanol–water partition coefficient (Wildman–Crippen LogP) is 0.954. The van der Waals surface area contributed by atoms with Gasteiger partial charge in [0.25, 0.3) is 0 Å². The van der Waals surface area contributed by atoms with Crippen LogP contribution in [0.5, 0.6) is 5.75 Å². The van der Waals surface area contributed by atoms with E-state index in [2.05, 4.69) is 11.8 Å². The summed E-state index contributed by atoms with van der Waals surface area (Å²) in [6, 6.07) is 5.72. The van der Waals surface area contributed by atoms with Gasteiger partial charge in [-0.1, -0.05) is 17.9 Å². The van der Waals surface area contributed by atoms with Gasteiger partial charge in [-0.3, -0.25) is 0 Å². The Morgan fingerprint density at radius 2 is 2.28 bits per heavy atom. The van der Waals surface area contributed by atoms with Crippen LogP contribution in [0.2, 0.25) is 0 Å². The summed E-state index contributed by atoms with van der Waals surface area (Å²) in [6.45, 7) is 1.72. The highest BCUT2D eigenvalue weighted by atomic mass is 16.6. The second kappa shape index (κ2) is 6.41. The third-order valence-corrected chi connectivity index (χ3v) is 2.66. The number of ether oxygens (including phenoxy) is 3. The SMILES string of the molecule is COc1ccc(COC2COC2)cc1C#CCO. The molecule has 1 aliphatic heterocycles. The molecule has 1 fully saturated rings. The van der Waals surface area contributed by atoms with E-state index < -0.39 is 0 Å². The molecule has 0 spiro atoms. The Hall–Kier alpha value is -1.54. The van der Waals surface area contributed by atoms with Crippen molar-refractivity contribution in [2.45, 2.75) is 12.7 Å². The fraction of sp³-hybridized carbons (Fsp3) is 0.429. The topological polar surface area (TPSA) is 47.9 Å². The highest BCUT2D eigenvalue weighted by Gasteiger charge is 2.18. The molecule has 0 radical (unpaired) electrons. The molecule has 1 saturated heterocycles. The first kappa shape index (κ1) is 12.9. The molecule has 1 aromatic rings. The van der Waals surface area contributed by atoms with Crippen LogP contribution in [0.3, 0.4) is 0 Å². The fourth-order valence-corrected chi connectivity index (χ4v) is 1.60. The lowest BCUT2D eigenvalue weighted by Crippen LogP contribution is -2.35. The van der Waals surface area contributed by atoms with Crippen LogP contribution in [0.4, 0.5) is 0 Å². The third-order valence-electron chi connectivity index (χ3n) is 2.66. The number of methoxy groups -OCH3 is 1. The van der Waals surface area contributed by atoms with Crippen LogP contribution in [0, 0.1) is 11.8 Å². The van der Waals surface area contributed by atoms with Crippen LogP contribution in [0.15, 0.2) is 18.2 Å². The van der Waals surface area contributed by atoms with Crippen LogP contribution >= 0.6 is 0 Å². The van der Waals surface area contributed by atoms with E-state index in [-0.39, 0.29) is 12.7 Å². The zero-order chi connectivity index (χ0) is 12.8. The number of rotatable bonds is 4. The minimum absolute atomic E-state index is 0.163. The second-order valence-corrected chi connectivity index (χ2v) is 3.96. The molecule has 0 unspecified atom stereocenters. The van der Waals surface area contributed by atoms with Crippen molar-refractivity contribution in [2.24, 2.45) is 0 Å². The van der Waals surface area contributed by atoms with Crippen LogP contribution < -0.4 is 4.74 Å². The molecule has 4 nitrogen and oxygen atoms in total. The number of aliphatic hydroxyl groups is 1. The Bertz CT molecular complexity index is 455.